The fourth-order valence-electron chi connectivity index (χ4n) is 2.12. The van der Waals surface area contributed by atoms with Gasteiger partial charge in [0.1, 0.15) is 5.60 Å². The van der Waals surface area contributed by atoms with Crippen LogP contribution in [0.1, 0.15) is 40.0 Å². The molecule has 0 aromatic carbocycles. The average molecular weight is 266 g/mol. The van der Waals surface area contributed by atoms with E-state index in [4.69, 9.17) is 4.74 Å². The van der Waals surface area contributed by atoms with Crippen LogP contribution in [0.4, 0.5) is 4.79 Å². The van der Waals surface area contributed by atoms with E-state index < -0.39 is 5.60 Å². The third kappa shape index (κ3) is 5.23. The first-order valence-electron chi connectivity index (χ1n) is 7.30. The minimum Gasteiger partial charge on any atom is -0.444 e. The number of nitrogens with zero attached hydrogens (tertiary/aromatic N) is 1. The summed E-state index contributed by atoms with van der Waals surface area (Å²) in [7, 11) is 0. The van der Waals surface area contributed by atoms with E-state index >= 15 is 0 Å². The lowest BCUT2D eigenvalue weighted by molar-refractivity contribution is 0.0265. The summed E-state index contributed by atoms with van der Waals surface area (Å²) in [5, 5.41) is 3.50. The molecular weight excluding hydrogens is 240 g/mol. The standard InChI is InChI=1S/C15H26N2O2/c1-15(2,3)19-14(18)17-8-6-13(7-9-17)11-16-10-12-4-5-12/h6,12,16H,4-5,7-11H2,1-3H3. The zero-order valence-electron chi connectivity index (χ0n) is 12.4. The predicted octanol–water partition coefficient (Wildman–Crippen LogP) is 2.55. The van der Waals surface area contributed by atoms with Crippen LogP contribution in [0.2, 0.25) is 0 Å². The Hall–Kier alpha value is -1.03. The molecule has 2 rings (SSSR count). The number of rotatable bonds is 4. The van der Waals surface area contributed by atoms with Crippen molar-refractivity contribution >= 4 is 6.09 Å². The molecule has 1 fully saturated rings. The van der Waals surface area contributed by atoms with Gasteiger partial charge in [0.2, 0.25) is 0 Å². The summed E-state index contributed by atoms with van der Waals surface area (Å²) in [6, 6.07) is 0. The minimum absolute atomic E-state index is 0.200. The van der Waals surface area contributed by atoms with Crippen LogP contribution in [0.3, 0.4) is 0 Å². The molecule has 0 bridgehead atoms. The van der Waals surface area contributed by atoms with Crippen LogP contribution in [0.5, 0.6) is 0 Å². The largest absolute Gasteiger partial charge is 0.444 e. The van der Waals surface area contributed by atoms with E-state index in [-0.39, 0.29) is 6.09 Å². The monoisotopic (exact) mass is 266 g/mol. The molecule has 1 heterocycles. The van der Waals surface area contributed by atoms with E-state index in [1.807, 2.05) is 20.8 Å². The predicted molar refractivity (Wildman–Crippen MR) is 76.1 cm³/mol. The molecular formula is C15H26N2O2. The lowest BCUT2D eigenvalue weighted by Crippen LogP contribution is -2.40. The molecule has 108 valence electrons. The molecule has 0 aromatic heterocycles. The smallest absolute Gasteiger partial charge is 0.410 e. The maximum Gasteiger partial charge on any atom is 0.410 e. The number of ether oxygens (including phenoxy) is 1. The lowest BCUT2D eigenvalue weighted by Gasteiger charge is -2.29. The summed E-state index contributed by atoms with van der Waals surface area (Å²) in [6.07, 6.45) is 5.69. The molecule has 1 N–H and O–H groups in total. The van der Waals surface area contributed by atoms with Crippen LogP contribution in [-0.2, 0) is 4.74 Å². The molecule has 1 saturated carbocycles. The Kier molecular flexibility index (Phi) is 4.50. The van der Waals surface area contributed by atoms with Crippen molar-refractivity contribution in [3.05, 3.63) is 11.6 Å². The molecule has 2 aliphatic rings. The third-order valence-corrected chi connectivity index (χ3v) is 3.44. The van der Waals surface area contributed by atoms with Crippen molar-refractivity contribution in [2.75, 3.05) is 26.2 Å². The van der Waals surface area contributed by atoms with Gasteiger partial charge in [-0.15, -0.1) is 0 Å². The Morgan fingerprint density at radius 1 is 1.47 bits per heavy atom. The molecule has 0 atom stereocenters. The third-order valence-electron chi connectivity index (χ3n) is 3.44. The number of amides is 1. The van der Waals surface area contributed by atoms with E-state index in [0.29, 0.717) is 6.54 Å². The van der Waals surface area contributed by atoms with Gasteiger partial charge < -0.3 is 15.0 Å². The second-order valence-electron chi connectivity index (χ2n) is 6.61. The van der Waals surface area contributed by atoms with Gasteiger partial charge >= 0.3 is 6.09 Å². The van der Waals surface area contributed by atoms with Crippen LogP contribution in [0.25, 0.3) is 0 Å². The number of hydrogen-bond acceptors (Lipinski definition) is 3. The maximum atomic E-state index is 11.9. The SMILES string of the molecule is CC(C)(C)OC(=O)N1CC=C(CNCC2CC2)CC1. The molecule has 1 amide bonds. The first-order chi connectivity index (χ1) is 8.94. The van der Waals surface area contributed by atoms with Crippen LogP contribution in [0, 0.1) is 5.92 Å². The van der Waals surface area contributed by atoms with Crippen LogP contribution in [-0.4, -0.2) is 42.8 Å². The number of carbonyl (C=O) groups excluding carboxylic acids is 1. The first-order valence-corrected chi connectivity index (χ1v) is 7.30. The Balaban J connectivity index is 1.70. The van der Waals surface area contributed by atoms with Crippen molar-refractivity contribution in [3.63, 3.8) is 0 Å². The fraction of sp³-hybridized carbons (Fsp3) is 0.800. The molecule has 1 aliphatic carbocycles. The molecule has 19 heavy (non-hydrogen) atoms. The fourth-order valence-corrected chi connectivity index (χ4v) is 2.12. The lowest BCUT2D eigenvalue weighted by atomic mass is 10.1. The molecule has 0 spiro atoms. The maximum absolute atomic E-state index is 11.9. The first kappa shape index (κ1) is 14.4. The number of hydrogen-bond donors (Lipinski definition) is 1. The van der Waals surface area contributed by atoms with Gasteiger partial charge in [0.25, 0.3) is 0 Å². The molecule has 0 saturated heterocycles. The molecule has 0 radical (unpaired) electrons. The van der Waals surface area contributed by atoms with Crippen molar-refractivity contribution < 1.29 is 9.53 Å². The molecule has 1 aliphatic heterocycles. The van der Waals surface area contributed by atoms with Crippen molar-refractivity contribution in [2.24, 2.45) is 5.92 Å². The Morgan fingerprint density at radius 2 is 2.21 bits per heavy atom. The van der Waals surface area contributed by atoms with Gasteiger partial charge in [-0.25, -0.2) is 4.79 Å². The van der Waals surface area contributed by atoms with E-state index in [9.17, 15) is 4.79 Å². The van der Waals surface area contributed by atoms with Crippen molar-refractivity contribution in [1.82, 2.24) is 10.2 Å². The summed E-state index contributed by atoms with van der Waals surface area (Å²) in [5.41, 5.74) is 1.01. The van der Waals surface area contributed by atoms with Gasteiger partial charge in [0, 0.05) is 19.6 Å². The number of nitrogens with one attached hydrogen (secondary N) is 1. The van der Waals surface area contributed by atoms with E-state index in [1.165, 1.54) is 18.4 Å². The van der Waals surface area contributed by atoms with Gasteiger partial charge in [0.05, 0.1) is 0 Å². The average Bonchev–Trinajstić information content (AvgIpc) is 3.12. The summed E-state index contributed by atoms with van der Waals surface area (Å²) < 4.78 is 5.38. The highest BCUT2D eigenvalue weighted by molar-refractivity contribution is 5.68. The highest BCUT2D eigenvalue weighted by Gasteiger charge is 2.24. The van der Waals surface area contributed by atoms with E-state index in [0.717, 1.165) is 32.0 Å². The molecule has 0 aromatic rings. The highest BCUT2D eigenvalue weighted by atomic mass is 16.6. The van der Waals surface area contributed by atoms with Crippen molar-refractivity contribution in [1.29, 1.82) is 0 Å². The number of carbonyl (C=O) groups is 1. The molecule has 0 unspecified atom stereocenters. The Labute approximate surface area is 116 Å². The summed E-state index contributed by atoms with van der Waals surface area (Å²) >= 11 is 0. The topological polar surface area (TPSA) is 41.6 Å². The van der Waals surface area contributed by atoms with E-state index in [1.54, 1.807) is 4.90 Å². The normalized spacial score (nSPS) is 20.2. The van der Waals surface area contributed by atoms with Gasteiger partial charge in [0.15, 0.2) is 0 Å². The van der Waals surface area contributed by atoms with Crippen LogP contribution < -0.4 is 5.32 Å². The highest BCUT2D eigenvalue weighted by Crippen LogP contribution is 2.27. The second kappa shape index (κ2) is 5.95. The van der Waals surface area contributed by atoms with Gasteiger partial charge in [-0.1, -0.05) is 11.6 Å². The van der Waals surface area contributed by atoms with Gasteiger partial charge in [-0.2, -0.15) is 0 Å². The molecule has 4 heteroatoms. The van der Waals surface area contributed by atoms with E-state index in [2.05, 4.69) is 11.4 Å². The van der Waals surface area contributed by atoms with Crippen LogP contribution >= 0.6 is 0 Å². The minimum atomic E-state index is -0.410. The van der Waals surface area contributed by atoms with Crippen molar-refractivity contribution in [3.8, 4) is 0 Å². The van der Waals surface area contributed by atoms with Crippen LogP contribution in [0.15, 0.2) is 11.6 Å². The summed E-state index contributed by atoms with van der Waals surface area (Å²) in [6.45, 7) is 9.26. The second-order valence-corrected chi connectivity index (χ2v) is 6.61. The zero-order chi connectivity index (χ0) is 13.9. The molecule has 4 nitrogen and oxygen atoms in total. The Bertz CT molecular complexity index is 354. The summed E-state index contributed by atoms with van der Waals surface area (Å²) in [5.74, 6) is 0.919. The van der Waals surface area contributed by atoms with Gasteiger partial charge in [-0.3, -0.25) is 0 Å². The quantitative estimate of drug-likeness (QED) is 0.795. The van der Waals surface area contributed by atoms with Crippen molar-refractivity contribution in [2.45, 2.75) is 45.6 Å². The zero-order valence-corrected chi connectivity index (χ0v) is 12.4. The van der Waals surface area contributed by atoms with Gasteiger partial charge in [-0.05, 0) is 52.5 Å². The summed E-state index contributed by atoms with van der Waals surface area (Å²) in [4.78, 5) is 13.7. The Morgan fingerprint density at radius 3 is 2.74 bits per heavy atom.